The normalized spacial score (nSPS) is 15.4. The van der Waals surface area contributed by atoms with Crippen LogP contribution in [-0.2, 0) is 4.79 Å². The van der Waals surface area contributed by atoms with Gasteiger partial charge in [0.2, 0.25) is 5.91 Å². The van der Waals surface area contributed by atoms with Crippen LogP contribution in [0, 0.1) is 6.92 Å². The molecule has 0 saturated carbocycles. The van der Waals surface area contributed by atoms with Crippen LogP contribution in [0.25, 0.3) is 0 Å². The van der Waals surface area contributed by atoms with E-state index >= 15 is 0 Å². The van der Waals surface area contributed by atoms with Crippen molar-refractivity contribution in [1.82, 2.24) is 0 Å². The van der Waals surface area contributed by atoms with Crippen LogP contribution < -0.4 is 15.4 Å². The predicted molar refractivity (Wildman–Crippen MR) is 69.9 cm³/mol. The standard InChI is InChI=1S/C12H16N2O2.ClH/c1-8-3-4-10-11(7-8)16-6-5-14(10)12(15)9(2)13;/h3-4,7,9H,5-6,13H2,1-2H3;1H/t9-;/m0./s1. The first-order chi connectivity index (χ1) is 7.59. The Morgan fingerprint density at radius 3 is 2.88 bits per heavy atom. The fourth-order valence-electron chi connectivity index (χ4n) is 1.80. The molecule has 5 heteroatoms. The molecular formula is C12H17ClN2O2. The number of ether oxygens (including phenoxy) is 1. The lowest BCUT2D eigenvalue weighted by atomic mass is 10.1. The minimum absolute atomic E-state index is 0. The number of amides is 1. The molecule has 0 fully saturated rings. The number of nitrogens with zero attached hydrogens (tertiary/aromatic N) is 1. The number of halogens is 1. The predicted octanol–water partition coefficient (Wildman–Crippen LogP) is 1.49. The van der Waals surface area contributed by atoms with Gasteiger partial charge in [-0.25, -0.2) is 0 Å². The average Bonchev–Trinajstić information content (AvgIpc) is 2.26. The highest BCUT2D eigenvalue weighted by atomic mass is 35.5. The fourth-order valence-corrected chi connectivity index (χ4v) is 1.80. The molecule has 1 atom stereocenters. The largest absolute Gasteiger partial charge is 0.490 e. The zero-order valence-corrected chi connectivity index (χ0v) is 10.8. The van der Waals surface area contributed by atoms with Gasteiger partial charge in [0.1, 0.15) is 12.4 Å². The summed E-state index contributed by atoms with van der Waals surface area (Å²) in [6, 6.07) is 5.34. The van der Waals surface area contributed by atoms with E-state index in [0.29, 0.717) is 13.2 Å². The number of benzene rings is 1. The van der Waals surface area contributed by atoms with E-state index in [-0.39, 0.29) is 18.3 Å². The Labute approximate surface area is 107 Å². The van der Waals surface area contributed by atoms with E-state index in [0.717, 1.165) is 17.0 Å². The van der Waals surface area contributed by atoms with Crippen LogP contribution in [0.2, 0.25) is 0 Å². The molecule has 0 spiro atoms. The van der Waals surface area contributed by atoms with Crippen molar-refractivity contribution >= 4 is 24.0 Å². The number of aryl methyl sites for hydroxylation is 1. The molecule has 4 nitrogen and oxygen atoms in total. The molecule has 0 bridgehead atoms. The number of anilines is 1. The van der Waals surface area contributed by atoms with Crippen molar-refractivity contribution in [3.63, 3.8) is 0 Å². The summed E-state index contributed by atoms with van der Waals surface area (Å²) in [5.41, 5.74) is 7.56. The lowest BCUT2D eigenvalue weighted by molar-refractivity contribution is -0.119. The van der Waals surface area contributed by atoms with Gasteiger partial charge in [-0.3, -0.25) is 4.79 Å². The van der Waals surface area contributed by atoms with Crippen LogP contribution in [0.15, 0.2) is 18.2 Å². The van der Waals surface area contributed by atoms with Gasteiger partial charge in [0.05, 0.1) is 18.3 Å². The number of hydrogen-bond acceptors (Lipinski definition) is 3. The molecule has 94 valence electrons. The summed E-state index contributed by atoms with van der Waals surface area (Å²) in [5.74, 6) is 0.702. The molecule has 0 aliphatic carbocycles. The Morgan fingerprint density at radius 2 is 2.24 bits per heavy atom. The van der Waals surface area contributed by atoms with E-state index < -0.39 is 6.04 Å². The minimum Gasteiger partial charge on any atom is -0.490 e. The number of hydrogen-bond donors (Lipinski definition) is 1. The Morgan fingerprint density at radius 1 is 1.53 bits per heavy atom. The number of nitrogens with two attached hydrogens (primary N) is 1. The maximum atomic E-state index is 11.9. The molecule has 1 aromatic carbocycles. The van der Waals surface area contributed by atoms with Gasteiger partial charge in [0, 0.05) is 0 Å². The quantitative estimate of drug-likeness (QED) is 0.828. The molecule has 1 amide bonds. The number of rotatable bonds is 1. The summed E-state index contributed by atoms with van der Waals surface area (Å²) >= 11 is 0. The van der Waals surface area contributed by atoms with Gasteiger partial charge < -0.3 is 15.4 Å². The zero-order chi connectivity index (χ0) is 11.7. The Bertz CT molecular complexity index is 421. The maximum Gasteiger partial charge on any atom is 0.243 e. The Balaban J connectivity index is 0.00000144. The van der Waals surface area contributed by atoms with Gasteiger partial charge in [-0.15, -0.1) is 12.4 Å². The van der Waals surface area contributed by atoms with E-state index in [1.807, 2.05) is 25.1 Å². The van der Waals surface area contributed by atoms with Gasteiger partial charge >= 0.3 is 0 Å². The van der Waals surface area contributed by atoms with Crippen molar-refractivity contribution in [3.8, 4) is 5.75 Å². The van der Waals surface area contributed by atoms with Crippen molar-refractivity contribution in [2.75, 3.05) is 18.1 Å². The molecule has 0 unspecified atom stereocenters. The van der Waals surface area contributed by atoms with Crippen molar-refractivity contribution in [2.24, 2.45) is 5.73 Å². The van der Waals surface area contributed by atoms with Gasteiger partial charge in [0.15, 0.2) is 0 Å². The van der Waals surface area contributed by atoms with Crippen molar-refractivity contribution in [1.29, 1.82) is 0 Å². The third kappa shape index (κ3) is 2.70. The molecular weight excluding hydrogens is 240 g/mol. The topological polar surface area (TPSA) is 55.6 Å². The van der Waals surface area contributed by atoms with Crippen LogP contribution >= 0.6 is 12.4 Å². The van der Waals surface area contributed by atoms with Crippen LogP contribution in [-0.4, -0.2) is 25.1 Å². The number of carbonyl (C=O) groups excluding carboxylic acids is 1. The molecule has 1 aliphatic rings. The lowest BCUT2D eigenvalue weighted by Crippen LogP contribution is -2.45. The molecule has 0 saturated heterocycles. The van der Waals surface area contributed by atoms with E-state index in [4.69, 9.17) is 10.5 Å². The maximum absolute atomic E-state index is 11.9. The molecule has 2 N–H and O–H groups in total. The van der Waals surface area contributed by atoms with E-state index in [9.17, 15) is 4.79 Å². The van der Waals surface area contributed by atoms with E-state index in [1.165, 1.54) is 0 Å². The molecule has 1 heterocycles. The number of carbonyl (C=O) groups is 1. The van der Waals surface area contributed by atoms with Gasteiger partial charge in [-0.2, -0.15) is 0 Å². The molecule has 0 radical (unpaired) electrons. The van der Waals surface area contributed by atoms with Crippen molar-refractivity contribution in [2.45, 2.75) is 19.9 Å². The van der Waals surface area contributed by atoms with Crippen LogP contribution in [0.5, 0.6) is 5.75 Å². The van der Waals surface area contributed by atoms with Crippen LogP contribution in [0.3, 0.4) is 0 Å². The summed E-state index contributed by atoms with van der Waals surface area (Å²) in [6.45, 7) is 4.78. The van der Waals surface area contributed by atoms with Gasteiger partial charge in [0.25, 0.3) is 0 Å². The molecule has 17 heavy (non-hydrogen) atoms. The summed E-state index contributed by atoms with van der Waals surface area (Å²) in [5, 5.41) is 0. The third-order valence-electron chi connectivity index (χ3n) is 2.63. The highest BCUT2D eigenvalue weighted by Crippen LogP contribution is 2.32. The molecule has 1 aliphatic heterocycles. The first-order valence-electron chi connectivity index (χ1n) is 5.40. The summed E-state index contributed by atoms with van der Waals surface area (Å²) < 4.78 is 5.53. The molecule has 1 aromatic rings. The van der Waals surface area contributed by atoms with Crippen molar-refractivity contribution < 1.29 is 9.53 Å². The second-order valence-corrected chi connectivity index (χ2v) is 4.10. The summed E-state index contributed by atoms with van der Waals surface area (Å²) in [7, 11) is 0. The summed E-state index contributed by atoms with van der Waals surface area (Å²) in [4.78, 5) is 13.6. The molecule has 0 aromatic heterocycles. The van der Waals surface area contributed by atoms with E-state index in [1.54, 1.807) is 11.8 Å². The lowest BCUT2D eigenvalue weighted by Gasteiger charge is -2.30. The number of fused-ring (bicyclic) bond motifs is 1. The first-order valence-corrected chi connectivity index (χ1v) is 5.40. The first kappa shape index (κ1) is 13.8. The second kappa shape index (κ2) is 5.38. The highest BCUT2D eigenvalue weighted by Gasteiger charge is 2.25. The SMILES string of the molecule is Cc1ccc2c(c1)OCCN2C(=O)[C@H](C)N.Cl. The summed E-state index contributed by atoms with van der Waals surface area (Å²) in [6.07, 6.45) is 0. The van der Waals surface area contributed by atoms with Crippen LogP contribution in [0.4, 0.5) is 5.69 Å². The third-order valence-corrected chi connectivity index (χ3v) is 2.63. The monoisotopic (exact) mass is 256 g/mol. The van der Waals surface area contributed by atoms with Crippen molar-refractivity contribution in [3.05, 3.63) is 23.8 Å². The molecule has 2 rings (SSSR count). The fraction of sp³-hybridized carbons (Fsp3) is 0.417. The van der Waals surface area contributed by atoms with Gasteiger partial charge in [-0.05, 0) is 31.5 Å². The highest BCUT2D eigenvalue weighted by molar-refractivity contribution is 5.98. The second-order valence-electron chi connectivity index (χ2n) is 4.10. The minimum atomic E-state index is -0.479. The Kier molecular flexibility index (Phi) is 4.37. The average molecular weight is 257 g/mol. The van der Waals surface area contributed by atoms with E-state index in [2.05, 4.69) is 0 Å². The van der Waals surface area contributed by atoms with Crippen LogP contribution in [0.1, 0.15) is 12.5 Å². The zero-order valence-electron chi connectivity index (χ0n) is 9.97. The van der Waals surface area contributed by atoms with Gasteiger partial charge in [-0.1, -0.05) is 6.07 Å². The smallest absolute Gasteiger partial charge is 0.243 e. The Hall–Kier alpha value is -1.26.